The fraction of sp³-hybridized carbons (Fsp3) is 0.438. The third kappa shape index (κ3) is 2.84. The molecule has 0 radical (unpaired) electrons. The summed E-state index contributed by atoms with van der Waals surface area (Å²) in [6.07, 6.45) is 2.17. The van der Waals surface area contributed by atoms with E-state index in [0.29, 0.717) is 22.7 Å². The van der Waals surface area contributed by atoms with Gasteiger partial charge in [0.15, 0.2) is 6.61 Å². The zero-order valence-electron chi connectivity index (χ0n) is 12.4. The molecule has 0 N–H and O–H groups in total. The van der Waals surface area contributed by atoms with Crippen LogP contribution in [0, 0.1) is 5.92 Å². The number of fused-ring (bicyclic) bond motifs is 2. The van der Waals surface area contributed by atoms with Crippen LogP contribution in [0.2, 0.25) is 5.02 Å². The molecule has 0 saturated carbocycles. The van der Waals surface area contributed by atoms with Crippen molar-refractivity contribution in [3.05, 3.63) is 35.2 Å². The van der Waals surface area contributed by atoms with Crippen molar-refractivity contribution < 1.29 is 13.9 Å². The van der Waals surface area contributed by atoms with E-state index in [4.69, 9.17) is 20.8 Å². The van der Waals surface area contributed by atoms with Crippen LogP contribution in [-0.4, -0.2) is 40.2 Å². The molecule has 1 unspecified atom stereocenters. The van der Waals surface area contributed by atoms with E-state index in [1.807, 2.05) is 0 Å². The molecule has 120 valence electrons. The highest BCUT2D eigenvalue weighted by atomic mass is 35.5. The van der Waals surface area contributed by atoms with Crippen LogP contribution in [0.3, 0.4) is 0 Å². The summed E-state index contributed by atoms with van der Waals surface area (Å²) in [5.74, 6) is 0.937. The van der Waals surface area contributed by atoms with E-state index in [1.165, 1.54) is 0 Å². The van der Waals surface area contributed by atoms with Crippen molar-refractivity contribution in [2.45, 2.75) is 25.5 Å². The van der Waals surface area contributed by atoms with Crippen molar-refractivity contribution in [1.82, 2.24) is 15.1 Å². The molecular formula is C16H16ClN3O3. The van der Waals surface area contributed by atoms with E-state index in [0.717, 1.165) is 31.5 Å². The van der Waals surface area contributed by atoms with Crippen molar-refractivity contribution in [1.29, 1.82) is 0 Å². The summed E-state index contributed by atoms with van der Waals surface area (Å²) in [5, 5.41) is 8.54. The van der Waals surface area contributed by atoms with Crippen LogP contribution in [0.5, 0.6) is 0 Å². The Morgan fingerprint density at radius 2 is 2.00 bits per heavy atom. The van der Waals surface area contributed by atoms with E-state index in [1.54, 1.807) is 24.3 Å². The standard InChI is InChI=1S/C16H16ClN3O3/c17-12-3-1-11(2-4-12)15-19-18-13(23-15)9-22-16(21)14-10-5-7-20(14)8-6-10/h1-4,10,14H,5-9H2. The number of nitrogens with zero attached hydrogens (tertiary/aromatic N) is 3. The van der Waals surface area contributed by atoms with Crippen LogP contribution < -0.4 is 0 Å². The van der Waals surface area contributed by atoms with Gasteiger partial charge in [-0.05, 0) is 56.1 Å². The minimum atomic E-state index is -0.184. The number of carbonyl (C=O) groups excluding carboxylic acids is 1. The van der Waals surface area contributed by atoms with Gasteiger partial charge in [-0.3, -0.25) is 9.69 Å². The third-order valence-electron chi connectivity index (χ3n) is 4.55. The van der Waals surface area contributed by atoms with Crippen LogP contribution in [0.4, 0.5) is 0 Å². The average Bonchev–Trinajstić information content (AvgIpc) is 3.29. The number of hydrogen-bond acceptors (Lipinski definition) is 6. The van der Waals surface area contributed by atoms with Gasteiger partial charge in [-0.1, -0.05) is 11.6 Å². The molecule has 0 aliphatic carbocycles. The topological polar surface area (TPSA) is 68.5 Å². The number of piperidine rings is 1. The molecule has 2 aliphatic heterocycles. The summed E-state index contributed by atoms with van der Waals surface area (Å²) < 4.78 is 10.9. The average molecular weight is 334 g/mol. The summed E-state index contributed by atoms with van der Waals surface area (Å²) in [6.45, 7) is 1.99. The first-order valence-electron chi connectivity index (χ1n) is 7.70. The van der Waals surface area contributed by atoms with Crippen LogP contribution in [0.15, 0.2) is 28.7 Å². The second-order valence-electron chi connectivity index (χ2n) is 5.93. The smallest absolute Gasteiger partial charge is 0.324 e. The lowest BCUT2D eigenvalue weighted by Gasteiger charge is -2.16. The number of benzene rings is 1. The van der Waals surface area contributed by atoms with Crippen molar-refractivity contribution in [3.63, 3.8) is 0 Å². The normalized spacial score (nSPS) is 25.7. The molecule has 1 aromatic heterocycles. The third-order valence-corrected chi connectivity index (χ3v) is 4.80. The Kier molecular flexibility index (Phi) is 3.79. The number of esters is 1. The predicted octanol–water partition coefficient (Wildman–Crippen LogP) is 2.53. The monoisotopic (exact) mass is 333 g/mol. The fourth-order valence-corrected chi connectivity index (χ4v) is 3.52. The lowest BCUT2D eigenvalue weighted by molar-refractivity contribution is -0.150. The molecule has 0 spiro atoms. The number of halogens is 1. The van der Waals surface area contributed by atoms with Gasteiger partial charge in [0.05, 0.1) is 0 Å². The molecule has 4 rings (SSSR count). The number of ether oxygens (including phenoxy) is 1. The van der Waals surface area contributed by atoms with E-state index in [-0.39, 0.29) is 18.6 Å². The lowest BCUT2D eigenvalue weighted by atomic mass is 10.00. The van der Waals surface area contributed by atoms with Crippen LogP contribution >= 0.6 is 11.6 Å². The number of hydrogen-bond donors (Lipinski definition) is 0. The van der Waals surface area contributed by atoms with Crippen LogP contribution in [-0.2, 0) is 16.1 Å². The van der Waals surface area contributed by atoms with E-state index >= 15 is 0 Å². The van der Waals surface area contributed by atoms with Crippen molar-refractivity contribution in [2.75, 3.05) is 13.1 Å². The number of carbonyl (C=O) groups is 1. The van der Waals surface area contributed by atoms with Crippen LogP contribution in [0.1, 0.15) is 18.7 Å². The van der Waals surface area contributed by atoms with Crippen LogP contribution in [0.25, 0.3) is 11.5 Å². The highest BCUT2D eigenvalue weighted by molar-refractivity contribution is 6.30. The van der Waals surface area contributed by atoms with Crippen molar-refractivity contribution in [3.8, 4) is 11.5 Å². The zero-order valence-corrected chi connectivity index (χ0v) is 13.2. The molecular weight excluding hydrogens is 318 g/mol. The molecule has 2 aliphatic rings. The Bertz CT molecular complexity index is 696. The van der Waals surface area contributed by atoms with E-state index < -0.39 is 0 Å². The molecule has 1 atom stereocenters. The number of rotatable bonds is 4. The Balaban J connectivity index is 1.38. The van der Waals surface area contributed by atoms with Gasteiger partial charge in [0, 0.05) is 10.6 Å². The van der Waals surface area contributed by atoms with Crippen molar-refractivity contribution in [2.24, 2.45) is 5.92 Å². The maximum atomic E-state index is 12.2. The minimum Gasteiger partial charge on any atom is -0.454 e. The van der Waals surface area contributed by atoms with E-state index in [9.17, 15) is 4.79 Å². The Morgan fingerprint density at radius 1 is 1.26 bits per heavy atom. The molecule has 2 aromatic rings. The van der Waals surface area contributed by atoms with Gasteiger partial charge in [0.25, 0.3) is 5.89 Å². The maximum absolute atomic E-state index is 12.2. The quantitative estimate of drug-likeness (QED) is 0.801. The summed E-state index contributed by atoms with van der Waals surface area (Å²) >= 11 is 5.85. The molecule has 2 bridgehead atoms. The Morgan fingerprint density at radius 3 is 2.65 bits per heavy atom. The first-order valence-corrected chi connectivity index (χ1v) is 8.07. The largest absolute Gasteiger partial charge is 0.454 e. The maximum Gasteiger partial charge on any atom is 0.324 e. The zero-order chi connectivity index (χ0) is 15.8. The molecule has 7 heteroatoms. The highest BCUT2D eigenvalue weighted by Crippen LogP contribution is 2.35. The molecule has 1 aromatic carbocycles. The second kappa shape index (κ2) is 5.94. The number of aromatic nitrogens is 2. The van der Waals surface area contributed by atoms with Gasteiger partial charge in [-0.15, -0.1) is 10.2 Å². The molecule has 0 amide bonds. The van der Waals surface area contributed by atoms with Gasteiger partial charge in [0.2, 0.25) is 5.89 Å². The van der Waals surface area contributed by atoms with Crippen molar-refractivity contribution >= 4 is 17.6 Å². The summed E-state index contributed by atoms with van der Waals surface area (Å²) in [6, 6.07) is 7.02. The lowest BCUT2D eigenvalue weighted by Crippen LogP contribution is -2.34. The molecule has 2 saturated heterocycles. The predicted molar refractivity (Wildman–Crippen MR) is 82.6 cm³/mol. The Hall–Kier alpha value is -1.92. The minimum absolute atomic E-state index is 0.0104. The first kappa shape index (κ1) is 14.7. The Labute approximate surface area is 138 Å². The summed E-state index contributed by atoms with van der Waals surface area (Å²) in [7, 11) is 0. The van der Waals surface area contributed by atoms with Gasteiger partial charge < -0.3 is 9.15 Å². The summed E-state index contributed by atoms with van der Waals surface area (Å²) in [5.41, 5.74) is 0.777. The first-order chi connectivity index (χ1) is 11.2. The molecule has 3 heterocycles. The second-order valence-corrected chi connectivity index (χ2v) is 6.37. The SMILES string of the molecule is O=C(OCc1nnc(-c2ccc(Cl)cc2)o1)C1C2CCN1CC2. The molecule has 23 heavy (non-hydrogen) atoms. The highest BCUT2D eigenvalue weighted by Gasteiger charge is 2.45. The van der Waals surface area contributed by atoms with Gasteiger partial charge in [0.1, 0.15) is 6.04 Å². The fourth-order valence-electron chi connectivity index (χ4n) is 3.39. The molecule has 2 fully saturated rings. The molecule has 6 nitrogen and oxygen atoms in total. The summed E-state index contributed by atoms with van der Waals surface area (Å²) in [4.78, 5) is 14.4. The van der Waals surface area contributed by atoms with Gasteiger partial charge in [-0.25, -0.2) is 0 Å². The van der Waals surface area contributed by atoms with Gasteiger partial charge >= 0.3 is 5.97 Å². The van der Waals surface area contributed by atoms with Gasteiger partial charge in [-0.2, -0.15) is 0 Å². The van der Waals surface area contributed by atoms with E-state index in [2.05, 4.69) is 15.1 Å².